The second-order valence-electron chi connectivity index (χ2n) is 5.88. The number of hydrogen-bond acceptors (Lipinski definition) is 5. The summed E-state index contributed by atoms with van der Waals surface area (Å²) in [4.78, 5) is 9.08. The fourth-order valence-electron chi connectivity index (χ4n) is 3.13. The van der Waals surface area contributed by atoms with Gasteiger partial charge in [-0.3, -0.25) is 0 Å². The number of nitriles is 1. The van der Waals surface area contributed by atoms with Gasteiger partial charge in [0.1, 0.15) is 23.4 Å². The van der Waals surface area contributed by atoms with Crippen molar-refractivity contribution in [1.29, 1.82) is 5.26 Å². The molecule has 0 aromatic carbocycles. The summed E-state index contributed by atoms with van der Waals surface area (Å²) in [5.41, 5.74) is 7.48. The van der Waals surface area contributed by atoms with E-state index in [1.165, 1.54) is 0 Å². The van der Waals surface area contributed by atoms with Crippen LogP contribution in [0.3, 0.4) is 0 Å². The van der Waals surface area contributed by atoms with Crippen molar-refractivity contribution in [3.8, 4) is 6.07 Å². The molecule has 2 N–H and O–H groups in total. The molecule has 0 radical (unpaired) electrons. The molecular formula is C16H23N7. The molecule has 1 aliphatic rings. The highest BCUT2D eigenvalue weighted by molar-refractivity contribution is 5.68. The molecule has 122 valence electrons. The molecule has 3 heterocycles. The van der Waals surface area contributed by atoms with Gasteiger partial charge >= 0.3 is 0 Å². The van der Waals surface area contributed by atoms with Crippen molar-refractivity contribution in [2.24, 2.45) is 7.05 Å². The Hall–Kier alpha value is -2.46. The molecule has 0 amide bonds. The number of rotatable bonds is 4. The first kappa shape index (κ1) is 15.4. The van der Waals surface area contributed by atoms with Gasteiger partial charge in [0, 0.05) is 45.6 Å². The van der Waals surface area contributed by atoms with Gasteiger partial charge in [0.2, 0.25) is 0 Å². The predicted octanol–water partition coefficient (Wildman–Crippen LogP) is 0.866. The normalized spacial score (nSPS) is 15.8. The Kier molecular flexibility index (Phi) is 4.26. The summed E-state index contributed by atoms with van der Waals surface area (Å²) in [6, 6.07) is 4.02. The molecule has 0 spiro atoms. The van der Waals surface area contributed by atoms with E-state index in [0.717, 1.165) is 44.4 Å². The molecule has 0 saturated carbocycles. The Balaban J connectivity index is 1.92. The van der Waals surface area contributed by atoms with Gasteiger partial charge in [-0.05, 0) is 12.6 Å². The molecule has 1 saturated heterocycles. The lowest BCUT2D eigenvalue weighted by molar-refractivity contribution is 0.270. The molecule has 0 bridgehead atoms. The number of hydrogen-bond donors (Lipinski definition) is 1. The standard InChI is InChI=1S/C16H23N7/c1-3-21-6-8-22(9-7-21)16-14(18)10-13(11-17)23(16)12-15-19-4-5-20(15)2/h4-5,10H,3,6-9,12,18H2,1-2H3. The first-order valence-electron chi connectivity index (χ1n) is 7.96. The van der Waals surface area contributed by atoms with Crippen molar-refractivity contribution in [1.82, 2.24) is 19.0 Å². The van der Waals surface area contributed by atoms with E-state index in [1.54, 1.807) is 12.3 Å². The lowest BCUT2D eigenvalue weighted by atomic mass is 10.3. The van der Waals surface area contributed by atoms with Crippen LogP contribution in [0, 0.1) is 11.3 Å². The minimum Gasteiger partial charge on any atom is -0.396 e. The number of likely N-dealkylation sites (N-methyl/N-ethyl adjacent to an activating group) is 1. The Morgan fingerprint density at radius 3 is 2.61 bits per heavy atom. The van der Waals surface area contributed by atoms with Gasteiger partial charge in [-0.2, -0.15) is 5.26 Å². The molecular weight excluding hydrogens is 290 g/mol. The maximum atomic E-state index is 9.45. The summed E-state index contributed by atoms with van der Waals surface area (Å²) in [5, 5.41) is 9.45. The molecule has 0 aliphatic carbocycles. The number of nitrogens with two attached hydrogens (primary N) is 1. The number of nitrogen functional groups attached to an aromatic ring is 1. The lowest BCUT2D eigenvalue weighted by Crippen LogP contribution is -2.47. The summed E-state index contributed by atoms with van der Waals surface area (Å²) >= 11 is 0. The van der Waals surface area contributed by atoms with Crippen LogP contribution in [-0.4, -0.2) is 51.7 Å². The zero-order valence-electron chi connectivity index (χ0n) is 13.7. The van der Waals surface area contributed by atoms with Gasteiger partial charge in [-0.25, -0.2) is 4.98 Å². The number of piperazine rings is 1. The second-order valence-corrected chi connectivity index (χ2v) is 5.88. The zero-order chi connectivity index (χ0) is 16.4. The summed E-state index contributed by atoms with van der Waals surface area (Å²) < 4.78 is 3.95. The molecule has 7 heteroatoms. The molecule has 0 unspecified atom stereocenters. The number of imidazole rings is 1. The highest BCUT2D eigenvalue weighted by Gasteiger charge is 2.23. The second kappa shape index (κ2) is 6.34. The van der Waals surface area contributed by atoms with Crippen molar-refractivity contribution >= 4 is 11.5 Å². The maximum absolute atomic E-state index is 9.45. The zero-order valence-corrected chi connectivity index (χ0v) is 13.7. The summed E-state index contributed by atoms with van der Waals surface area (Å²) in [6.45, 7) is 7.69. The van der Waals surface area contributed by atoms with E-state index in [9.17, 15) is 5.26 Å². The van der Waals surface area contributed by atoms with Crippen LogP contribution in [-0.2, 0) is 13.6 Å². The van der Waals surface area contributed by atoms with E-state index in [1.807, 2.05) is 22.4 Å². The summed E-state index contributed by atoms with van der Waals surface area (Å²) in [7, 11) is 1.96. The number of anilines is 2. The molecule has 0 atom stereocenters. The number of aryl methyl sites for hydroxylation is 1. The van der Waals surface area contributed by atoms with Crippen LogP contribution in [0.4, 0.5) is 11.5 Å². The van der Waals surface area contributed by atoms with E-state index in [0.29, 0.717) is 17.9 Å². The van der Waals surface area contributed by atoms with Gasteiger partial charge in [0.05, 0.1) is 12.2 Å². The quantitative estimate of drug-likeness (QED) is 0.906. The van der Waals surface area contributed by atoms with E-state index >= 15 is 0 Å². The van der Waals surface area contributed by atoms with E-state index in [-0.39, 0.29) is 0 Å². The molecule has 2 aromatic heterocycles. The fourth-order valence-corrected chi connectivity index (χ4v) is 3.13. The van der Waals surface area contributed by atoms with Crippen LogP contribution in [0.2, 0.25) is 0 Å². The van der Waals surface area contributed by atoms with Crippen LogP contribution in [0.1, 0.15) is 18.4 Å². The van der Waals surface area contributed by atoms with Crippen LogP contribution < -0.4 is 10.6 Å². The third-order valence-corrected chi connectivity index (χ3v) is 4.55. The van der Waals surface area contributed by atoms with Gasteiger partial charge in [-0.1, -0.05) is 6.92 Å². The van der Waals surface area contributed by atoms with Crippen molar-refractivity contribution in [2.45, 2.75) is 13.5 Å². The third-order valence-electron chi connectivity index (χ3n) is 4.55. The largest absolute Gasteiger partial charge is 0.396 e. The summed E-state index contributed by atoms with van der Waals surface area (Å²) in [5.74, 6) is 1.85. The highest BCUT2D eigenvalue weighted by atomic mass is 15.3. The molecule has 3 rings (SSSR count). The highest BCUT2D eigenvalue weighted by Crippen LogP contribution is 2.29. The lowest BCUT2D eigenvalue weighted by Gasteiger charge is -2.36. The van der Waals surface area contributed by atoms with Gasteiger partial charge in [0.25, 0.3) is 0 Å². The van der Waals surface area contributed by atoms with Gasteiger partial charge < -0.3 is 24.7 Å². The average molecular weight is 313 g/mol. The van der Waals surface area contributed by atoms with Crippen molar-refractivity contribution in [2.75, 3.05) is 43.4 Å². The van der Waals surface area contributed by atoms with Crippen LogP contribution >= 0.6 is 0 Å². The monoisotopic (exact) mass is 313 g/mol. The number of nitrogens with zero attached hydrogens (tertiary/aromatic N) is 6. The van der Waals surface area contributed by atoms with Crippen LogP contribution in [0.15, 0.2) is 18.5 Å². The van der Waals surface area contributed by atoms with Crippen molar-refractivity contribution in [3.63, 3.8) is 0 Å². The first-order chi connectivity index (χ1) is 11.1. The fraction of sp³-hybridized carbons (Fsp3) is 0.500. The van der Waals surface area contributed by atoms with Crippen molar-refractivity contribution < 1.29 is 0 Å². The molecule has 1 aliphatic heterocycles. The first-order valence-corrected chi connectivity index (χ1v) is 7.96. The SMILES string of the molecule is CCN1CCN(c2c(N)cc(C#N)n2Cc2nccn2C)CC1. The summed E-state index contributed by atoms with van der Waals surface area (Å²) in [6.07, 6.45) is 3.68. The van der Waals surface area contributed by atoms with Crippen molar-refractivity contribution in [3.05, 3.63) is 30.0 Å². The smallest absolute Gasteiger partial charge is 0.133 e. The molecule has 23 heavy (non-hydrogen) atoms. The Bertz CT molecular complexity index is 713. The Morgan fingerprint density at radius 1 is 1.30 bits per heavy atom. The van der Waals surface area contributed by atoms with E-state index < -0.39 is 0 Å². The van der Waals surface area contributed by atoms with Crippen LogP contribution in [0.25, 0.3) is 0 Å². The predicted molar refractivity (Wildman–Crippen MR) is 90.2 cm³/mol. The van der Waals surface area contributed by atoms with Crippen LogP contribution in [0.5, 0.6) is 0 Å². The average Bonchev–Trinajstić information content (AvgIpc) is 3.11. The number of aromatic nitrogens is 3. The van der Waals surface area contributed by atoms with E-state index in [2.05, 4.69) is 27.8 Å². The minimum atomic E-state index is 0.549. The molecule has 1 fully saturated rings. The topological polar surface area (TPSA) is 79.0 Å². The molecule has 7 nitrogen and oxygen atoms in total. The van der Waals surface area contributed by atoms with Gasteiger partial charge in [-0.15, -0.1) is 0 Å². The van der Waals surface area contributed by atoms with Gasteiger partial charge in [0.15, 0.2) is 0 Å². The Labute approximate surface area is 136 Å². The third kappa shape index (κ3) is 2.90. The minimum absolute atomic E-state index is 0.549. The molecule has 2 aromatic rings. The Morgan fingerprint density at radius 2 is 2.04 bits per heavy atom. The maximum Gasteiger partial charge on any atom is 0.133 e. The van der Waals surface area contributed by atoms with E-state index in [4.69, 9.17) is 5.73 Å².